The Morgan fingerprint density at radius 1 is 1.04 bits per heavy atom. The maximum Gasteiger partial charge on any atom is 0.333 e. The van der Waals surface area contributed by atoms with Crippen molar-refractivity contribution in [3.63, 3.8) is 0 Å². The molecule has 5 N–H and O–H groups in total. The van der Waals surface area contributed by atoms with E-state index in [0.717, 1.165) is 5.56 Å². The fourth-order valence-corrected chi connectivity index (χ4v) is 2.29. The van der Waals surface area contributed by atoms with Crippen LogP contribution in [0, 0.1) is 0 Å². The minimum atomic E-state index is -1.02. The average Bonchev–Trinajstić information content (AvgIpc) is 2.61. The third-order valence-corrected chi connectivity index (χ3v) is 3.68. The molecule has 25 heavy (non-hydrogen) atoms. The SMILES string of the molecule is COC(=O)[C@@H](NC(=O)[C@@H](N)Cc1ccc(O)cc1)c1ccc(O)cc1. The standard InChI is InChI=1S/C18H20N2O5/c1-25-18(24)16(12-4-8-14(22)9-5-12)20-17(23)15(19)10-11-2-6-13(21)7-3-11/h2-9,15-16,21-22H,10,19H2,1H3,(H,20,23)/t15-,16-/m0/s1. The molecule has 2 atom stereocenters. The van der Waals surface area contributed by atoms with Crippen LogP contribution in [0.15, 0.2) is 48.5 Å². The summed E-state index contributed by atoms with van der Waals surface area (Å²) in [6.45, 7) is 0. The summed E-state index contributed by atoms with van der Waals surface area (Å²) >= 11 is 0. The fraction of sp³-hybridized carbons (Fsp3) is 0.222. The van der Waals surface area contributed by atoms with Crippen molar-refractivity contribution in [2.24, 2.45) is 5.73 Å². The highest BCUT2D eigenvalue weighted by Gasteiger charge is 2.26. The maximum atomic E-state index is 12.3. The summed E-state index contributed by atoms with van der Waals surface area (Å²) in [5.74, 6) is -0.991. The molecule has 0 aliphatic rings. The van der Waals surface area contributed by atoms with Crippen molar-refractivity contribution in [2.75, 3.05) is 7.11 Å². The first-order chi connectivity index (χ1) is 11.9. The van der Waals surface area contributed by atoms with Crippen LogP contribution in [0.5, 0.6) is 11.5 Å². The maximum absolute atomic E-state index is 12.3. The van der Waals surface area contributed by atoms with Gasteiger partial charge in [-0.2, -0.15) is 0 Å². The number of carbonyl (C=O) groups is 2. The molecule has 2 aromatic carbocycles. The fourth-order valence-electron chi connectivity index (χ4n) is 2.29. The highest BCUT2D eigenvalue weighted by molar-refractivity contribution is 5.88. The predicted octanol–water partition coefficient (Wildman–Crippen LogP) is 0.998. The molecule has 0 aliphatic heterocycles. The van der Waals surface area contributed by atoms with E-state index in [0.29, 0.717) is 5.56 Å². The molecule has 132 valence electrons. The van der Waals surface area contributed by atoms with Crippen molar-refractivity contribution in [3.8, 4) is 11.5 Å². The van der Waals surface area contributed by atoms with Gasteiger partial charge in [-0.1, -0.05) is 24.3 Å². The third-order valence-electron chi connectivity index (χ3n) is 3.68. The van der Waals surface area contributed by atoms with Gasteiger partial charge in [-0.05, 0) is 41.8 Å². The van der Waals surface area contributed by atoms with Gasteiger partial charge in [0, 0.05) is 0 Å². The first kappa shape index (κ1) is 18.3. The van der Waals surface area contributed by atoms with E-state index in [2.05, 4.69) is 5.32 Å². The Balaban J connectivity index is 2.09. The van der Waals surface area contributed by atoms with Crippen LogP contribution in [0.4, 0.5) is 0 Å². The second-order valence-electron chi connectivity index (χ2n) is 5.53. The van der Waals surface area contributed by atoms with Crippen molar-refractivity contribution in [1.82, 2.24) is 5.32 Å². The van der Waals surface area contributed by atoms with Gasteiger partial charge in [0.25, 0.3) is 0 Å². The van der Waals surface area contributed by atoms with Crippen LogP contribution < -0.4 is 11.1 Å². The number of aromatic hydroxyl groups is 2. The number of phenolic OH excluding ortho intramolecular Hbond substituents is 2. The Bertz CT molecular complexity index is 728. The number of benzene rings is 2. The molecule has 0 saturated carbocycles. The highest BCUT2D eigenvalue weighted by atomic mass is 16.5. The van der Waals surface area contributed by atoms with Crippen LogP contribution in [0.25, 0.3) is 0 Å². The smallest absolute Gasteiger partial charge is 0.333 e. The van der Waals surface area contributed by atoms with Crippen LogP contribution in [-0.4, -0.2) is 35.2 Å². The Morgan fingerprint density at radius 3 is 2.08 bits per heavy atom. The van der Waals surface area contributed by atoms with E-state index in [9.17, 15) is 19.8 Å². The zero-order valence-corrected chi connectivity index (χ0v) is 13.7. The largest absolute Gasteiger partial charge is 0.508 e. The van der Waals surface area contributed by atoms with E-state index in [4.69, 9.17) is 10.5 Å². The lowest BCUT2D eigenvalue weighted by Gasteiger charge is -2.19. The summed E-state index contributed by atoms with van der Waals surface area (Å²) in [5, 5.41) is 21.2. The number of nitrogens with one attached hydrogen (secondary N) is 1. The zero-order valence-electron chi connectivity index (χ0n) is 13.7. The summed E-state index contributed by atoms with van der Waals surface area (Å²) in [6, 6.07) is 10.3. The quantitative estimate of drug-likeness (QED) is 0.580. The van der Waals surface area contributed by atoms with Crippen molar-refractivity contribution in [2.45, 2.75) is 18.5 Å². The number of hydrogen-bond acceptors (Lipinski definition) is 6. The van der Waals surface area contributed by atoms with Gasteiger partial charge in [0.1, 0.15) is 11.5 Å². The second-order valence-corrected chi connectivity index (χ2v) is 5.53. The predicted molar refractivity (Wildman–Crippen MR) is 90.8 cm³/mol. The van der Waals surface area contributed by atoms with Gasteiger partial charge in [0.05, 0.1) is 13.2 Å². The minimum absolute atomic E-state index is 0.0442. The molecule has 0 spiro atoms. The van der Waals surface area contributed by atoms with Crippen LogP contribution in [-0.2, 0) is 20.7 Å². The summed E-state index contributed by atoms with van der Waals surface area (Å²) in [7, 11) is 1.22. The van der Waals surface area contributed by atoms with Crippen molar-refractivity contribution in [3.05, 3.63) is 59.7 Å². The highest BCUT2D eigenvalue weighted by Crippen LogP contribution is 2.18. The lowest BCUT2D eigenvalue weighted by atomic mass is 10.0. The Hall–Kier alpha value is -3.06. The number of hydrogen-bond donors (Lipinski definition) is 4. The van der Waals surface area contributed by atoms with Crippen molar-refractivity contribution in [1.29, 1.82) is 0 Å². The first-order valence-corrected chi connectivity index (χ1v) is 7.61. The Kier molecular flexibility index (Phi) is 5.97. The molecule has 7 heteroatoms. The number of amides is 1. The molecular formula is C18H20N2O5. The van der Waals surface area contributed by atoms with Gasteiger partial charge in [-0.15, -0.1) is 0 Å². The van der Waals surface area contributed by atoms with Crippen LogP contribution in [0.3, 0.4) is 0 Å². The van der Waals surface area contributed by atoms with Crippen molar-refractivity contribution < 1.29 is 24.5 Å². The van der Waals surface area contributed by atoms with Gasteiger partial charge < -0.3 is 26.0 Å². The molecule has 0 heterocycles. The monoisotopic (exact) mass is 344 g/mol. The summed E-state index contributed by atoms with van der Waals surface area (Å²) in [4.78, 5) is 24.3. The van der Waals surface area contributed by atoms with E-state index in [1.807, 2.05) is 0 Å². The molecule has 0 aliphatic carbocycles. The van der Waals surface area contributed by atoms with Gasteiger partial charge in [0.15, 0.2) is 6.04 Å². The van der Waals surface area contributed by atoms with Gasteiger partial charge >= 0.3 is 5.97 Å². The summed E-state index contributed by atoms with van der Waals surface area (Å²) in [6.07, 6.45) is 0.246. The van der Waals surface area contributed by atoms with E-state index < -0.39 is 24.0 Å². The molecule has 7 nitrogen and oxygen atoms in total. The van der Waals surface area contributed by atoms with Crippen LogP contribution >= 0.6 is 0 Å². The molecule has 0 saturated heterocycles. The van der Waals surface area contributed by atoms with Crippen LogP contribution in [0.2, 0.25) is 0 Å². The molecule has 0 unspecified atom stereocenters. The second kappa shape index (κ2) is 8.16. The molecule has 0 bridgehead atoms. The number of nitrogens with two attached hydrogens (primary N) is 1. The Morgan fingerprint density at radius 2 is 1.56 bits per heavy atom. The number of methoxy groups -OCH3 is 1. The van der Waals surface area contributed by atoms with E-state index in [1.165, 1.54) is 43.5 Å². The molecule has 1 amide bonds. The lowest BCUT2D eigenvalue weighted by Crippen LogP contribution is -2.45. The molecule has 2 aromatic rings. The van der Waals surface area contributed by atoms with Gasteiger partial charge in [-0.25, -0.2) is 4.79 Å². The molecule has 0 aromatic heterocycles. The van der Waals surface area contributed by atoms with Crippen LogP contribution in [0.1, 0.15) is 17.2 Å². The van der Waals surface area contributed by atoms with E-state index >= 15 is 0 Å². The van der Waals surface area contributed by atoms with E-state index in [-0.39, 0.29) is 17.9 Å². The minimum Gasteiger partial charge on any atom is -0.508 e. The molecular weight excluding hydrogens is 324 g/mol. The summed E-state index contributed by atoms with van der Waals surface area (Å²) < 4.78 is 4.72. The van der Waals surface area contributed by atoms with Gasteiger partial charge in [-0.3, -0.25) is 4.79 Å². The van der Waals surface area contributed by atoms with Crippen molar-refractivity contribution >= 4 is 11.9 Å². The number of phenols is 2. The molecule has 2 rings (SSSR count). The third kappa shape index (κ3) is 4.95. The topological polar surface area (TPSA) is 122 Å². The number of rotatable bonds is 6. The number of esters is 1. The Labute approximate surface area is 145 Å². The number of carbonyl (C=O) groups excluding carboxylic acids is 2. The normalized spacial score (nSPS) is 12.9. The average molecular weight is 344 g/mol. The van der Waals surface area contributed by atoms with E-state index in [1.54, 1.807) is 12.1 Å². The zero-order chi connectivity index (χ0) is 18.4. The number of ether oxygens (including phenoxy) is 1. The molecule has 0 fully saturated rings. The van der Waals surface area contributed by atoms with Gasteiger partial charge in [0.2, 0.25) is 5.91 Å². The summed E-state index contributed by atoms with van der Waals surface area (Å²) in [5.41, 5.74) is 7.16. The lowest BCUT2D eigenvalue weighted by molar-refractivity contribution is -0.145. The first-order valence-electron chi connectivity index (χ1n) is 7.61. The molecule has 0 radical (unpaired) electrons.